The number of rotatable bonds is 10. The minimum Gasteiger partial charge on any atom is -0.457 e. The zero-order valence-corrected chi connectivity index (χ0v) is 21.7. The van der Waals surface area contributed by atoms with Gasteiger partial charge >= 0.3 is 0 Å². The third kappa shape index (κ3) is 7.15. The molecule has 0 fully saturated rings. The van der Waals surface area contributed by atoms with Gasteiger partial charge in [-0.2, -0.15) is 4.98 Å². The molecular formula is C33H23N3O5. The van der Waals surface area contributed by atoms with E-state index in [4.69, 9.17) is 23.7 Å². The highest BCUT2D eigenvalue weighted by atomic mass is 16.5. The van der Waals surface area contributed by atoms with Crippen molar-refractivity contribution in [1.82, 2.24) is 15.0 Å². The van der Waals surface area contributed by atoms with E-state index in [1.54, 1.807) is 60.9 Å². The molecule has 0 bridgehead atoms. The smallest absolute Gasteiger partial charge is 0.222 e. The molecule has 8 heteroatoms. The zero-order chi connectivity index (χ0) is 27.7. The van der Waals surface area contributed by atoms with E-state index < -0.39 is 0 Å². The van der Waals surface area contributed by atoms with E-state index >= 15 is 0 Å². The lowest BCUT2D eigenvalue weighted by atomic mass is 10.3. The van der Waals surface area contributed by atoms with Gasteiger partial charge in [0.2, 0.25) is 23.5 Å². The number of ether oxygens (including phenoxy) is 5. The fourth-order valence-corrected chi connectivity index (χ4v) is 3.75. The Labute approximate surface area is 236 Å². The van der Waals surface area contributed by atoms with Crippen molar-refractivity contribution in [1.29, 1.82) is 0 Å². The van der Waals surface area contributed by atoms with Gasteiger partial charge in [-0.05, 0) is 48.5 Å². The maximum atomic E-state index is 6.05. The van der Waals surface area contributed by atoms with Crippen LogP contribution in [-0.4, -0.2) is 15.0 Å². The molecule has 200 valence electrons. The van der Waals surface area contributed by atoms with Crippen molar-refractivity contribution in [3.63, 3.8) is 0 Å². The number of benzene rings is 3. The predicted molar refractivity (Wildman–Crippen MR) is 152 cm³/mol. The molecule has 3 aromatic heterocycles. The molecule has 3 aromatic carbocycles. The van der Waals surface area contributed by atoms with Gasteiger partial charge in [-0.25, -0.2) is 9.97 Å². The Morgan fingerprint density at radius 2 is 0.659 bits per heavy atom. The molecule has 0 saturated carbocycles. The standard InChI is InChI=1S/C33H23N3O5/c1-3-19-34-30(15-1)38-26-11-5-9-24(21-26)37-25-10-6-13-28(22-25)40-32-17-8-18-33(36-32)41-29-14-7-12-27(23-29)39-31-16-2-4-20-35-31/h1-23H. The Hall–Kier alpha value is -5.89. The Kier molecular flexibility index (Phi) is 7.63. The van der Waals surface area contributed by atoms with Crippen LogP contribution in [0.15, 0.2) is 140 Å². The number of hydrogen-bond donors (Lipinski definition) is 0. The van der Waals surface area contributed by atoms with Gasteiger partial charge in [0.25, 0.3) is 0 Å². The molecule has 0 amide bonds. The van der Waals surface area contributed by atoms with Crippen LogP contribution in [0.25, 0.3) is 0 Å². The first-order valence-electron chi connectivity index (χ1n) is 12.7. The second-order valence-corrected chi connectivity index (χ2v) is 8.58. The van der Waals surface area contributed by atoms with Crippen LogP contribution in [0.4, 0.5) is 0 Å². The Morgan fingerprint density at radius 3 is 1.05 bits per heavy atom. The fraction of sp³-hybridized carbons (Fsp3) is 0. The van der Waals surface area contributed by atoms with Crippen LogP contribution in [0, 0.1) is 0 Å². The number of hydrogen-bond acceptors (Lipinski definition) is 8. The number of aromatic nitrogens is 3. The van der Waals surface area contributed by atoms with Crippen molar-refractivity contribution >= 4 is 0 Å². The third-order valence-corrected chi connectivity index (χ3v) is 5.52. The van der Waals surface area contributed by atoms with E-state index in [0.29, 0.717) is 58.0 Å². The molecule has 6 rings (SSSR count). The summed E-state index contributed by atoms with van der Waals surface area (Å²) in [5.74, 6) is 5.27. The highest BCUT2D eigenvalue weighted by Crippen LogP contribution is 2.32. The van der Waals surface area contributed by atoms with E-state index in [1.807, 2.05) is 78.9 Å². The number of pyridine rings is 3. The summed E-state index contributed by atoms with van der Waals surface area (Å²) in [7, 11) is 0. The lowest BCUT2D eigenvalue weighted by molar-refractivity contribution is 0.418. The molecule has 0 unspecified atom stereocenters. The summed E-state index contributed by atoms with van der Waals surface area (Å²) in [5.41, 5.74) is 0. The second-order valence-electron chi connectivity index (χ2n) is 8.58. The molecule has 8 nitrogen and oxygen atoms in total. The Bertz CT molecular complexity index is 1600. The van der Waals surface area contributed by atoms with Gasteiger partial charge in [0.15, 0.2) is 0 Å². The SMILES string of the molecule is c1ccc(Oc2cccc(Oc3cccc(Oc4cccc(Oc5cccc(Oc6ccccn6)c5)n4)c3)c2)nc1. The van der Waals surface area contributed by atoms with Gasteiger partial charge in [-0.3, -0.25) is 0 Å². The minimum atomic E-state index is 0.367. The monoisotopic (exact) mass is 541 g/mol. The molecule has 0 atom stereocenters. The van der Waals surface area contributed by atoms with Crippen molar-refractivity contribution in [2.45, 2.75) is 0 Å². The number of nitrogens with zero attached hydrogens (tertiary/aromatic N) is 3. The quantitative estimate of drug-likeness (QED) is 0.170. The highest BCUT2D eigenvalue weighted by Gasteiger charge is 2.08. The Morgan fingerprint density at radius 1 is 0.317 bits per heavy atom. The summed E-state index contributed by atoms with van der Waals surface area (Å²) >= 11 is 0. The topological polar surface area (TPSA) is 84.8 Å². The zero-order valence-electron chi connectivity index (χ0n) is 21.7. The first kappa shape index (κ1) is 25.4. The molecule has 41 heavy (non-hydrogen) atoms. The highest BCUT2D eigenvalue weighted by molar-refractivity contribution is 5.42. The molecule has 6 aromatic rings. The molecule has 0 aliphatic carbocycles. The minimum absolute atomic E-state index is 0.367. The Balaban J connectivity index is 1.11. The van der Waals surface area contributed by atoms with Gasteiger partial charge < -0.3 is 23.7 Å². The van der Waals surface area contributed by atoms with Crippen molar-refractivity contribution in [2.24, 2.45) is 0 Å². The summed E-state index contributed by atoms with van der Waals surface area (Å²) in [6.07, 6.45) is 3.35. The van der Waals surface area contributed by atoms with E-state index in [1.165, 1.54) is 0 Å². The van der Waals surface area contributed by atoms with Crippen LogP contribution in [0.3, 0.4) is 0 Å². The van der Waals surface area contributed by atoms with Crippen molar-refractivity contribution in [2.75, 3.05) is 0 Å². The van der Waals surface area contributed by atoms with E-state index in [9.17, 15) is 0 Å². The summed E-state index contributed by atoms with van der Waals surface area (Å²) < 4.78 is 29.6. The maximum Gasteiger partial charge on any atom is 0.222 e. The third-order valence-electron chi connectivity index (χ3n) is 5.52. The largest absolute Gasteiger partial charge is 0.457 e. The van der Waals surface area contributed by atoms with Crippen molar-refractivity contribution in [3.8, 4) is 58.0 Å². The van der Waals surface area contributed by atoms with Crippen LogP contribution < -0.4 is 23.7 Å². The molecule has 0 N–H and O–H groups in total. The summed E-state index contributed by atoms with van der Waals surface area (Å²) in [6, 6.07) is 38.1. The lowest BCUT2D eigenvalue weighted by Crippen LogP contribution is -1.93. The molecule has 0 spiro atoms. The fourth-order valence-electron chi connectivity index (χ4n) is 3.75. The van der Waals surface area contributed by atoms with Gasteiger partial charge in [0.05, 0.1) is 0 Å². The first-order valence-corrected chi connectivity index (χ1v) is 12.7. The van der Waals surface area contributed by atoms with E-state index in [0.717, 1.165) is 0 Å². The van der Waals surface area contributed by atoms with Gasteiger partial charge in [0.1, 0.15) is 34.5 Å². The van der Waals surface area contributed by atoms with Crippen LogP contribution in [0.2, 0.25) is 0 Å². The average Bonchev–Trinajstić information content (AvgIpc) is 2.99. The molecular weight excluding hydrogens is 518 g/mol. The van der Waals surface area contributed by atoms with Crippen LogP contribution in [0.1, 0.15) is 0 Å². The van der Waals surface area contributed by atoms with Crippen LogP contribution >= 0.6 is 0 Å². The lowest BCUT2D eigenvalue weighted by Gasteiger charge is -2.11. The molecule has 3 heterocycles. The summed E-state index contributed by atoms with van der Waals surface area (Å²) in [4.78, 5) is 12.8. The molecule has 0 radical (unpaired) electrons. The van der Waals surface area contributed by atoms with Crippen LogP contribution in [0.5, 0.6) is 58.0 Å². The van der Waals surface area contributed by atoms with Gasteiger partial charge in [0, 0.05) is 54.9 Å². The first-order chi connectivity index (χ1) is 20.2. The van der Waals surface area contributed by atoms with E-state index in [-0.39, 0.29) is 0 Å². The molecule has 0 aliphatic heterocycles. The van der Waals surface area contributed by atoms with Crippen molar-refractivity contribution < 1.29 is 23.7 Å². The van der Waals surface area contributed by atoms with Gasteiger partial charge in [-0.1, -0.05) is 36.4 Å². The van der Waals surface area contributed by atoms with Crippen molar-refractivity contribution in [3.05, 3.63) is 140 Å². The average molecular weight is 542 g/mol. The molecule has 0 saturated heterocycles. The summed E-state index contributed by atoms with van der Waals surface area (Å²) in [6.45, 7) is 0. The summed E-state index contributed by atoms with van der Waals surface area (Å²) in [5, 5.41) is 0. The van der Waals surface area contributed by atoms with Crippen LogP contribution in [-0.2, 0) is 0 Å². The normalized spacial score (nSPS) is 10.4. The van der Waals surface area contributed by atoms with E-state index in [2.05, 4.69) is 15.0 Å². The van der Waals surface area contributed by atoms with Gasteiger partial charge in [-0.15, -0.1) is 0 Å². The predicted octanol–water partition coefficient (Wildman–Crippen LogP) is 8.83. The second kappa shape index (κ2) is 12.3. The molecule has 0 aliphatic rings. The maximum absolute atomic E-state index is 6.05.